The molecule has 1 N–H and O–H groups in total. The first-order valence-electron chi connectivity index (χ1n) is 7.19. The Labute approximate surface area is 110 Å². The first kappa shape index (κ1) is 13.3. The van der Waals surface area contributed by atoms with Gasteiger partial charge in [-0.1, -0.05) is 25.7 Å². The maximum atomic E-state index is 6.03. The van der Waals surface area contributed by atoms with E-state index in [1.807, 2.05) is 12.3 Å². The maximum Gasteiger partial charge on any atom is 0.126 e. The summed E-state index contributed by atoms with van der Waals surface area (Å²) in [5.74, 6) is 0.944. The normalized spacial score (nSPS) is 17.4. The number of aromatic nitrogens is 1. The standard InChI is InChI=1S/C15H24N2O/c1-2-16-15-11-13(9-10-17-15)12-18-14-7-5-3-4-6-8-14/h9-11,14H,2-8,12H2,1H3,(H,16,17). The summed E-state index contributed by atoms with van der Waals surface area (Å²) in [6.07, 6.45) is 10.2. The molecule has 2 rings (SSSR count). The van der Waals surface area contributed by atoms with Gasteiger partial charge in [-0.25, -0.2) is 4.98 Å². The number of ether oxygens (including phenoxy) is 1. The Hall–Kier alpha value is -1.09. The fourth-order valence-electron chi connectivity index (χ4n) is 2.46. The molecule has 1 heterocycles. The lowest BCUT2D eigenvalue weighted by molar-refractivity contribution is 0.0310. The highest BCUT2D eigenvalue weighted by atomic mass is 16.5. The summed E-state index contributed by atoms with van der Waals surface area (Å²) >= 11 is 0. The molecule has 0 atom stereocenters. The molecule has 0 bridgehead atoms. The van der Waals surface area contributed by atoms with Gasteiger partial charge >= 0.3 is 0 Å². The van der Waals surface area contributed by atoms with Gasteiger partial charge in [0.05, 0.1) is 12.7 Å². The molecule has 1 saturated carbocycles. The van der Waals surface area contributed by atoms with Crippen LogP contribution < -0.4 is 5.32 Å². The third kappa shape index (κ3) is 4.30. The van der Waals surface area contributed by atoms with Gasteiger partial charge in [-0.3, -0.25) is 0 Å². The summed E-state index contributed by atoms with van der Waals surface area (Å²) in [6.45, 7) is 3.70. The smallest absolute Gasteiger partial charge is 0.126 e. The minimum atomic E-state index is 0.461. The van der Waals surface area contributed by atoms with Gasteiger partial charge in [0.2, 0.25) is 0 Å². The molecule has 1 fully saturated rings. The summed E-state index contributed by atoms with van der Waals surface area (Å²) in [7, 11) is 0. The average molecular weight is 248 g/mol. The van der Waals surface area contributed by atoms with Crippen molar-refractivity contribution in [2.75, 3.05) is 11.9 Å². The van der Waals surface area contributed by atoms with Crippen LogP contribution in [-0.4, -0.2) is 17.6 Å². The molecule has 0 amide bonds. The predicted octanol–water partition coefficient (Wildman–Crippen LogP) is 3.75. The molecule has 3 heteroatoms. The second-order valence-electron chi connectivity index (χ2n) is 5.00. The van der Waals surface area contributed by atoms with E-state index in [2.05, 4.69) is 23.3 Å². The van der Waals surface area contributed by atoms with Gasteiger partial charge in [0.25, 0.3) is 0 Å². The van der Waals surface area contributed by atoms with Crippen LogP contribution in [0.2, 0.25) is 0 Å². The van der Waals surface area contributed by atoms with E-state index in [-0.39, 0.29) is 0 Å². The van der Waals surface area contributed by atoms with E-state index in [0.717, 1.165) is 12.4 Å². The molecule has 0 spiro atoms. The molecule has 1 aromatic rings. The quantitative estimate of drug-likeness (QED) is 0.806. The number of hydrogen-bond donors (Lipinski definition) is 1. The summed E-state index contributed by atoms with van der Waals surface area (Å²) in [5, 5.41) is 3.23. The largest absolute Gasteiger partial charge is 0.374 e. The monoisotopic (exact) mass is 248 g/mol. The molecule has 1 aliphatic carbocycles. The third-order valence-electron chi connectivity index (χ3n) is 3.47. The summed E-state index contributed by atoms with van der Waals surface area (Å²) < 4.78 is 6.03. The van der Waals surface area contributed by atoms with Gasteiger partial charge in [0, 0.05) is 12.7 Å². The van der Waals surface area contributed by atoms with Gasteiger partial charge in [-0.05, 0) is 37.5 Å². The van der Waals surface area contributed by atoms with Gasteiger partial charge < -0.3 is 10.1 Å². The van der Waals surface area contributed by atoms with Crippen molar-refractivity contribution in [3.05, 3.63) is 23.9 Å². The molecule has 0 saturated heterocycles. The molecule has 0 unspecified atom stereocenters. The van der Waals surface area contributed by atoms with Crippen LogP contribution in [0.3, 0.4) is 0 Å². The summed E-state index contributed by atoms with van der Waals surface area (Å²) in [4.78, 5) is 4.27. The highest BCUT2D eigenvalue weighted by Gasteiger charge is 2.12. The predicted molar refractivity (Wildman–Crippen MR) is 74.7 cm³/mol. The fraction of sp³-hybridized carbons (Fsp3) is 0.667. The second-order valence-corrected chi connectivity index (χ2v) is 5.00. The van der Waals surface area contributed by atoms with Crippen LogP contribution in [0.25, 0.3) is 0 Å². The number of nitrogens with zero attached hydrogens (tertiary/aromatic N) is 1. The third-order valence-corrected chi connectivity index (χ3v) is 3.47. The lowest BCUT2D eigenvalue weighted by atomic mass is 10.1. The zero-order chi connectivity index (χ0) is 12.6. The van der Waals surface area contributed by atoms with E-state index in [1.54, 1.807) is 0 Å². The number of anilines is 1. The van der Waals surface area contributed by atoms with E-state index in [1.165, 1.54) is 44.1 Å². The zero-order valence-electron chi connectivity index (χ0n) is 11.3. The van der Waals surface area contributed by atoms with E-state index in [4.69, 9.17) is 4.74 Å². The van der Waals surface area contributed by atoms with Crippen molar-refractivity contribution in [1.82, 2.24) is 4.98 Å². The minimum Gasteiger partial charge on any atom is -0.374 e. The summed E-state index contributed by atoms with van der Waals surface area (Å²) in [5.41, 5.74) is 1.21. The van der Waals surface area contributed by atoms with Crippen LogP contribution in [0.5, 0.6) is 0 Å². The molecule has 0 radical (unpaired) electrons. The molecule has 1 aromatic heterocycles. The lowest BCUT2D eigenvalue weighted by Gasteiger charge is -2.15. The van der Waals surface area contributed by atoms with E-state index in [0.29, 0.717) is 12.7 Å². The Morgan fingerprint density at radius 3 is 2.78 bits per heavy atom. The number of pyridine rings is 1. The average Bonchev–Trinajstić information content (AvgIpc) is 2.66. The van der Waals surface area contributed by atoms with E-state index in [9.17, 15) is 0 Å². The van der Waals surface area contributed by atoms with Crippen molar-refractivity contribution in [2.45, 2.75) is 58.2 Å². The first-order chi connectivity index (χ1) is 8.88. The van der Waals surface area contributed by atoms with Crippen molar-refractivity contribution >= 4 is 5.82 Å². The van der Waals surface area contributed by atoms with Crippen molar-refractivity contribution in [1.29, 1.82) is 0 Å². The molecular formula is C15H24N2O. The number of hydrogen-bond acceptors (Lipinski definition) is 3. The van der Waals surface area contributed by atoms with Gasteiger partial charge in [-0.15, -0.1) is 0 Å². The van der Waals surface area contributed by atoms with Crippen LogP contribution in [0.4, 0.5) is 5.82 Å². The second kappa shape index (κ2) is 7.37. The Morgan fingerprint density at radius 2 is 2.06 bits per heavy atom. The Morgan fingerprint density at radius 1 is 1.28 bits per heavy atom. The van der Waals surface area contributed by atoms with Crippen molar-refractivity contribution in [3.8, 4) is 0 Å². The van der Waals surface area contributed by atoms with Crippen LogP contribution in [0.1, 0.15) is 51.0 Å². The summed E-state index contributed by atoms with van der Waals surface area (Å²) in [6, 6.07) is 4.12. The van der Waals surface area contributed by atoms with Crippen LogP contribution in [0.15, 0.2) is 18.3 Å². The zero-order valence-corrected chi connectivity index (χ0v) is 11.3. The number of nitrogens with one attached hydrogen (secondary N) is 1. The first-order valence-corrected chi connectivity index (χ1v) is 7.19. The Bertz CT molecular complexity index is 346. The molecular weight excluding hydrogens is 224 g/mol. The highest BCUT2D eigenvalue weighted by Crippen LogP contribution is 2.21. The minimum absolute atomic E-state index is 0.461. The van der Waals surface area contributed by atoms with Crippen molar-refractivity contribution in [2.24, 2.45) is 0 Å². The molecule has 1 aliphatic rings. The van der Waals surface area contributed by atoms with Gasteiger partial charge in [0.15, 0.2) is 0 Å². The van der Waals surface area contributed by atoms with Gasteiger partial charge in [-0.2, -0.15) is 0 Å². The van der Waals surface area contributed by atoms with E-state index >= 15 is 0 Å². The van der Waals surface area contributed by atoms with Crippen LogP contribution >= 0.6 is 0 Å². The Balaban J connectivity index is 1.83. The fourth-order valence-corrected chi connectivity index (χ4v) is 2.46. The van der Waals surface area contributed by atoms with Gasteiger partial charge in [0.1, 0.15) is 5.82 Å². The van der Waals surface area contributed by atoms with Crippen LogP contribution in [0, 0.1) is 0 Å². The van der Waals surface area contributed by atoms with Crippen molar-refractivity contribution in [3.63, 3.8) is 0 Å². The molecule has 0 aromatic carbocycles. The van der Waals surface area contributed by atoms with Crippen LogP contribution in [-0.2, 0) is 11.3 Å². The van der Waals surface area contributed by atoms with Crippen molar-refractivity contribution < 1.29 is 4.74 Å². The maximum absolute atomic E-state index is 6.03. The Kier molecular flexibility index (Phi) is 5.46. The highest BCUT2D eigenvalue weighted by molar-refractivity contribution is 5.36. The lowest BCUT2D eigenvalue weighted by Crippen LogP contribution is -2.11. The molecule has 3 nitrogen and oxygen atoms in total. The van der Waals surface area contributed by atoms with E-state index < -0.39 is 0 Å². The molecule has 100 valence electrons. The number of rotatable bonds is 5. The molecule has 0 aliphatic heterocycles. The molecule has 18 heavy (non-hydrogen) atoms. The SMILES string of the molecule is CCNc1cc(COC2CCCCCC2)ccn1. The topological polar surface area (TPSA) is 34.1 Å².